The van der Waals surface area contributed by atoms with Gasteiger partial charge >= 0.3 is 0 Å². The summed E-state index contributed by atoms with van der Waals surface area (Å²) in [6.45, 7) is 3.26. The lowest BCUT2D eigenvalue weighted by molar-refractivity contribution is 0.336. The van der Waals surface area contributed by atoms with Crippen LogP contribution in [0.3, 0.4) is 0 Å². The average molecular weight is 410 g/mol. The smallest absolute Gasteiger partial charge is 0.191 e. The molecule has 1 aromatic carbocycles. The van der Waals surface area contributed by atoms with Gasteiger partial charge in [-0.3, -0.25) is 4.99 Å². The van der Waals surface area contributed by atoms with Crippen LogP contribution in [-0.2, 0) is 6.54 Å². The highest BCUT2D eigenvalue weighted by Crippen LogP contribution is 2.23. The number of guanidine groups is 1. The van der Waals surface area contributed by atoms with Gasteiger partial charge in [-0.1, -0.05) is 17.7 Å². The Labute approximate surface area is 142 Å². The van der Waals surface area contributed by atoms with E-state index >= 15 is 0 Å². The summed E-state index contributed by atoms with van der Waals surface area (Å²) in [7, 11) is 1.78. The van der Waals surface area contributed by atoms with Crippen molar-refractivity contribution in [2.75, 3.05) is 13.7 Å². The lowest BCUT2D eigenvalue weighted by atomic mass is 10.2. The van der Waals surface area contributed by atoms with Crippen molar-refractivity contribution in [3.8, 4) is 5.75 Å². The third-order valence-electron chi connectivity index (χ3n) is 2.92. The Morgan fingerprint density at radius 2 is 2.20 bits per heavy atom. The van der Waals surface area contributed by atoms with Crippen molar-refractivity contribution < 1.29 is 4.74 Å². The van der Waals surface area contributed by atoms with Crippen molar-refractivity contribution in [2.24, 2.45) is 4.99 Å². The molecule has 1 saturated carbocycles. The van der Waals surface area contributed by atoms with E-state index in [0.717, 1.165) is 17.3 Å². The molecule has 1 fully saturated rings. The maximum Gasteiger partial charge on any atom is 0.191 e. The Morgan fingerprint density at radius 3 is 2.80 bits per heavy atom. The van der Waals surface area contributed by atoms with E-state index in [1.807, 2.05) is 25.1 Å². The van der Waals surface area contributed by atoms with Gasteiger partial charge in [0, 0.05) is 30.2 Å². The summed E-state index contributed by atoms with van der Waals surface area (Å²) in [4.78, 5) is 4.20. The molecule has 0 aliphatic heterocycles. The van der Waals surface area contributed by atoms with Crippen LogP contribution in [0.1, 0.15) is 25.3 Å². The highest BCUT2D eigenvalue weighted by Gasteiger charge is 2.22. The second-order valence-electron chi connectivity index (χ2n) is 4.53. The van der Waals surface area contributed by atoms with Crippen LogP contribution in [0.25, 0.3) is 0 Å². The summed E-state index contributed by atoms with van der Waals surface area (Å²) in [6, 6.07) is 6.28. The van der Waals surface area contributed by atoms with Crippen LogP contribution >= 0.6 is 35.6 Å². The van der Waals surface area contributed by atoms with Gasteiger partial charge in [0.2, 0.25) is 0 Å². The summed E-state index contributed by atoms with van der Waals surface area (Å²) in [5.41, 5.74) is 1.07. The predicted molar refractivity (Wildman–Crippen MR) is 94.4 cm³/mol. The summed E-state index contributed by atoms with van der Waals surface area (Å²) in [6.07, 6.45) is 2.46. The Kier molecular flexibility index (Phi) is 7.43. The van der Waals surface area contributed by atoms with Gasteiger partial charge in [0.25, 0.3) is 0 Å². The van der Waals surface area contributed by atoms with Crippen LogP contribution in [0, 0.1) is 0 Å². The lowest BCUT2D eigenvalue weighted by Gasteiger charge is -2.14. The van der Waals surface area contributed by atoms with Gasteiger partial charge in [-0.25, -0.2) is 0 Å². The molecule has 4 nitrogen and oxygen atoms in total. The first kappa shape index (κ1) is 17.4. The van der Waals surface area contributed by atoms with Gasteiger partial charge in [0.05, 0.1) is 6.61 Å². The standard InChI is InChI=1S/C14H20ClN3O.HI/c1-3-19-13-8-11(15)5-4-10(13)9-17-14(16-2)18-12-6-7-12;/h4-5,8,12H,3,6-7,9H2,1-2H3,(H2,16,17,18);1H. The van der Waals surface area contributed by atoms with Gasteiger partial charge in [0.15, 0.2) is 5.96 Å². The molecule has 1 aliphatic rings. The monoisotopic (exact) mass is 409 g/mol. The second kappa shape index (κ2) is 8.56. The first-order valence-electron chi connectivity index (χ1n) is 6.61. The third-order valence-corrected chi connectivity index (χ3v) is 3.15. The van der Waals surface area contributed by atoms with Gasteiger partial charge in [-0.15, -0.1) is 24.0 Å². The van der Waals surface area contributed by atoms with Crippen molar-refractivity contribution in [3.63, 3.8) is 0 Å². The topological polar surface area (TPSA) is 45.6 Å². The number of halogens is 2. The van der Waals surface area contributed by atoms with Crippen molar-refractivity contribution in [3.05, 3.63) is 28.8 Å². The molecule has 0 aromatic heterocycles. The maximum absolute atomic E-state index is 5.98. The second-order valence-corrected chi connectivity index (χ2v) is 4.97. The highest BCUT2D eigenvalue weighted by molar-refractivity contribution is 14.0. The molecule has 20 heavy (non-hydrogen) atoms. The molecule has 0 bridgehead atoms. The van der Waals surface area contributed by atoms with Crippen LogP contribution in [0.15, 0.2) is 23.2 Å². The quantitative estimate of drug-likeness (QED) is 0.446. The zero-order chi connectivity index (χ0) is 13.7. The molecule has 0 heterocycles. The van der Waals surface area contributed by atoms with Crippen LogP contribution in [0.4, 0.5) is 0 Å². The van der Waals surface area contributed by atoms with Gasteiger partial charge in [-0.2, -0.15) is 0 Å². The number of aliphatic imine (C=N–C) groups is 1. The molecule has 1 aromatic rings. The molecule has 0 amide bonds. The molecule has 0 radical (unpaired) electrons. The fraction of sp³-hybridized carbons (Fsp3) is 0.500. The van der Waals surface area contributed by atoms with Crippen LogP contribution in [-0.4, -0.2) is 25.7 Å². The van der Waals surface area contributed by atoms with Crippen molar-refractivity contribution in [1.29, 1.82) is 0 Å². The van der Waals surface area contributed by atoms with Gasteiger partial charge in [0.1, 0.15) is 5.75 Å². The largest absolute Gasteiger partial charge is 0.493 e. The summed E-state index contributed by atoms with van der Waals surface area (Å²) < 4.78 is 5.59. The molecule has 2 rings (SSSR count). The maximum atomic E-state index is 5.98. The Bertz CT molecular complexity index is 464. The summed E-state index contributed by atoms with van der Waals surface area (Å²) >= 11 is 5.98. The predicted octanol–water partition coefficient (Wildman–Crippen LogP) is 3.18. The molecule has 0 spiro atoms. The number of rotatable bonds is 5. The molecular weight excluding hydrogens is 389 g/mol. The molecule has 0 unspecified atom stereocenters. The van der Waals surface area contributed by atoms with E-state index in [9.17, 15) is 0 Å². The summed E-state index contributed by atoms with van der Waals surface area (Å²) in [5, 5.41) is 7.32. The molecule has 6 heteroatoms. The lowest BCUT2D eigenvalue weighted by Crippen LogP contribution is -2.38. The van der Waals surface area contributed by atoms with E-state index in [1.54, 1.807) is 7.05 Å². The minimum Gasteiger partial charge on any atom is -0.493 e. The van der Waals surface area contributed by atoms with Crippen LogP contribution in [0.5, 0.6) is 5.75 Å². The van der Waals surface area contributed by atoms with E-state index < -0.39 is 0 Å². The zero-order valence-corrected chi connectivity index (χ0v) is 14.9. The average Bonchev–Trinajstić information content (AvgIpc) is 3.20. The molecule has 0 saturated heterocycles. The first-order chi connectivity index (χ1) is 9.22. The number of ether oxygens (including phenoxy) is 1. The fourth-order valence-corrected chi connectivity index (χ4v) is 1.92. The van der Waals surface area contributed by atoms with E-state index in [0.29, 0.717) is 24.2 Å². The normalized spacial score (nSPS) is 14.4. The number of nitrogens with zero attached hydrogens (tertiary/aromatic N) is 1. The van der Waals surface area contributed by atoms with Gasteiger partial charge < -0.3 is 15.4 Å². The van der Waals surface area contributed by atoms with E-state index in [1.165, 1.54) is 12.8 Å². The van der Waals surface area contributed by atoms with E-state index in [2.05, 4.69) is 15.6 Å². The Morgan fingerprint density at radius 1 is 1.45 bits per heavy atom. The Hall–Kier alpha value is -0.690. The minimum absolute atomic E-state index is 0. The Balaban J connectivity index is 0.00000200. The number of hydrogen-bond acceptors (Lipinski definition) is 2. The van der Waals surface area contributed by atoms with Gasteiger partial charge in [-0.05, 0) is 31.9 Å². The van der Waals surface area contributed by atoms with Crippen molar-refractivity contribution in [1.82, 2.24) is 10.6 Å². The van der Waals surface area contributed by atoms with E-state index in [-0.39, 0.29) is 24.0 Å². The summed E-state index contributed by atoms with van der Waals surface area (Å²) in [5.74, 6) is 1.66. The van der Waals surface area contributed by atoms with Crippen molar-refractivity contribution >= 4 is 41.5 Å². The SMILES string of the molecule is CCOc1cc(Cl)ccc1CNC(=NC)NC1CC1.I. The number of benzene rings is 1. The first-order valence-corrected chi connectivity index (χ1v) is 6.99. The van der Waals surface area contributed by atoms with E-state index in [4.69, 9.17) is 16.3 Å². The fourth-order valence-electron chi connectivity index (χ4n) is 1.76. The molecular formula is C14H21ClIN3O. The number of hydrogen-bond donors (Lipinski definition) is 2. The van der Waals surface area contributed by atoms with Crippen LogP contribution < -0.4 is 15.4 Å². The minimum atomic E-state index is 0. The van der Waals surface area contributed by atoms with Crippen molar-refractivity contribution in [2.45, 2.75) is 32.4 Å². The molecule has 2 N–H and O–H groups in total. The number of nitrogens with one attached hydrogen (secondary N) is 2. The molecule has 0 atom stereocenters. The molecule has 112 valence electrons. The van der Waals surface area contributed by atoms with Crippen LogP contribution in [0.2, 0.25) is 5.02 Å². The molecule has 1 aliphatic carbocycles. The zero-order valence-electron chi connectivity index (χ0n) is 11.8. The third kappa shape index (κ3) is 5.36. The highest BCUT2D eigenvalue weighted by atomic mass is 127.